The minimum Gasteiger partial charge on any atom is -0.376 e. The Hall–Kier alpha value is -3.45. The lowest BCUT2D eigenvalue weighted by Gasteiger charge is -2.08. The number of aromatic nitrogens is 4. The average Bonchev–Trinajstić information content (AvgIpc) is 3.48. The largest absolute Gasteiger partial charge is 0.376 e. The van der Waals surface area contributed by atoms with E-state index in [0.717, 1.165) is 48.5 Å². The third-order valence-electron chi connectivity index (χ3n) is 5.34. The first-order valence-electron chi connectivity index (χ1n) is 10.2. The van der Waals surface area contributed by atoms with Crippen molar-refractivity contribution in [3.63, 3.8) is 0 Å². The molecule has 4 aromatic rings. The SMILES string of the molecule is Cc1cccc(NC(=O)c2nc(-c3cn(C[C@H]4CCCO4)cn3)n3ccccc23)c1. The van der Waals surface area contributed by atoms with E-state index >= 15 is 0 Å². The Bertz CT molecular complexity index is 1200. The van der Waals surface area contributed by atoms with Crippen molar-refractivity contribution in [2.45, 2.75) is 32.4 Å². The summed E-state index contributed by atoms with van der Waals surface area (Å²) in [6.45, 7) is 3.60. The van der Waals surface area contributed by atoms with E-state index in [4.69, 9.17) is 4.74 Å². The van der Waals surface area contributed by atoms with Gasteiger partial charge in [0.1, 0.15) is 5.69 Å². The molecular formula is C23H23N5O2. The molecule has 0 radical (unpaired) electrons. The predicted octanol–water partition coefficient (Wildman–Crippen LogP) is 3.94. The number of anilines is 1. The number of hydrogen-bond acceptors (Lipinski definition) is 4. The first kappa shape index (κ1) is 18.6. The van der Waals surface area contributed by atoms with Gasteiger partial charge in [-0.15, -0.1) is 0 Å². The quantitative estimate of drug-likeness (QED) is 0.550. The van der Waals surface area contributed by atoms with Crippen LogP contribution < -0.4 is 5.32 Å². The van der Waals surface area contributed by atoms with Gasteiger partial charge in [0.2, 0.25) is 0 Å². The van der Waals surface area contributed by atoms with Crippen LogP contribution in [0.4, 0.5) is 5.69 Å². The monoisotopic (exact) mass is 401 g/mol. The Labute approximate surface area is 174 Å². The molecule has 0 unspecified atom stereocenters. The average molecular weight is 401 g/mol. The fourth-order valence-corrected chi connectivity index (χ4v) is 3.90. The molecule has 0 saturated carbocycles. The smallest absolute Gasteiger partial charge is 0.276 e. The molecule has 1 fully saturated rings. The summed E-state index contributed by atoms with van der Waals surface area (Å²) in [7, 11) is 0. The summed E-state index contributed by atoms with van der Waals surface area (Å²) in [4.78, 5) is 22.2. The highest BCUT2D eigenvalue weighted by atomic mass is 16.5. The van der Waals surface area contributed by atoms with Crippen LogP contribution in [0.15, 0.2) is 61.2 Å². The van der Waals surface area contributed by atoms with Gasteiger partial charge in [-0.05, 0) is 49.6 Å². The Morgan fingerprint density at radius 3 is 3.03 bits per heavy atom. The van der Waals surface area contributed by atoms with E-state index in [9.17, 15) is 4.79 Å². The highest BCUT2D eigenvalue weighted by Gasteiger charge is 2.21. The van der Waals surface area contributed by atoms with Gasteiger partial charge in [0.25, 0.3) is 5.91 Å². The number of imidazole rings is 2. The van der Waals surface area contributed by atoms with E-state index in [2.05, 4.69) is 15.3 Å². The number of benzene rings is 1. The van der Waals surface area contributed by atoms with Crippen molar-refractivity contribution in [2.24, 2.45) is 0 Å². The number of nitrogens with one attached hydrogen (secondary N) is 1. The number of ether oxygens (including phenoxy) is 1. The highest BCUT2D eigenvalue weighted by Crippen LogP contribution is 2.23. The summed E-state index contributed by atoms with van der Waals surface area (Å²) in [5.41, 5.74) is 3.68. The summed E-state index contributed by atoms with van der Waals surface area (Å²) >= 11 is 0. The molecule has 3 aromatic heterocycles. The first-order chi connectivity index (χ1) is 14.7. The molecule has 0 spiro atoms. The standard InChI is InChI=1S/C23H23N5O2/c1-16-6-4-7-17(12-16)25-23(29)21-20-9-2-3-10-28(20)22(26-21)19-14-27(15-24-19)13-18-8-5-11-30-18/h2-4,6-7,9-10,12,14-15,18H,5,8,11,13H2,1H3,(H,25,29)/t18-/m1/s1. The molecule has 30 heavy (non-hydrogen) atoms. The molecule has 7 nitrogen and oxygen atoms in total. The van der Waals surface area contributed by atoms with E-state index in [0.29, 0.717) is 11.5 Å². The number of hydrogen-bond donors (Lipinski definition) is 1. The van der Waals surface area contributed by atoms with Crippen LogP contribution in [-0.2, 0) is 11.3 Å². The van der Waals surface area contributed by atoms with Crippen LogP contribution in [0.1, 0.15) is 28.9 Å². The fourth-order valence-electron chi connectivity index (χ4n) is 3.90. The summed E-state index contributed by atoms with van der Waals surface area (Å²) in [5, 5.41) is 2.95. The predicted molar refractivity (Wildman–Crippen MR) is 115 cm³/mol. The summed E-state index contributed by atoms with van der Waals surface area (Å²) in [5.74, 6) is 0.403. The lowest BCUT2D eigenvalue weighted by atomic mass is 10.2. The summed E-state index contributed by atoms with van der Waals surface area (Å²) in [6.07, 6.45) is 8.08. The van der Waals surface area contributed by atoms with E-state index < -0.39 is 0 Å². The van der Waals surface area contributed by atoms with Crippen LogP contribution in [0.3, 0.4) is 0 Å². The molecule has 1 aromatic carbocycles. The molecule has 1 atom stereocenters. The molecule has 1 aliphatic rings. The third kappa shape index (κ3) is 3.59. The van der Waals surface area contributed by atoms with E-state index in [1.54, 1.807) is 6.33 Å². The molecule has 0 aliphatic carbocycles. The van der Waals surface area contributed by atoms with Crippen molar-refractivity contribution in [2.75, 3.05) is 11.9 Å². The molecule has 1 N–H and O–H groups in total. The number of amides is 1. The van der Waals surface area contributed by atoms with Crippen LogP contribution in [-0.4, -0.2) is 37.6 Å². The third-order valence-corrected chi connectivity index (χ3v) is 5.34. The molecule has 152 valence electrons. The van der Waals surface area contributed by atoms with Gasteiger partial charge < -0.3 is 14.6 Å². The van der Waals surface area contributed by atoms with Crippen LogP contribution in [0.2, 0.25) is 0 Å². The number of pyridine rings is 1. The molecule has 7 heteroatoms. The second-order valence-corrected chi connectivity index (χ2v) is 7.65. The van der Waals surface area contributed by atoms with Gasteiger partial charge in [0.15, 0.2) is 11.5 Å². The van der Waals surface area contributed by atoms with Gasteiger partial charge in [0, 0.05) is 31.2 Å². The topological polar surface area (TPSA) is 73.5 Å². The van der Waals surface area contributed by atoms with Crippen molar-refractivity contribution >= 4 is 17.1 Å². The van der Waals surface area contributed by atoms with Crippen LogP contribution in [0.25, 0.3) is 17.0 Å². The number of carbonyl (C=O) groups excluding carboxylic acids is 1. The van der Waals surface area contributed by atoms with Crippen molar-refractivity contribution in [3.05, 3.63) is 72.4 Å². The van der Waals surface area contributed by atoms with Crippen LogP contribution in [0.5, 0.6) is 0 Å². The fraction of sp³-hybridized carbons (Fsp3) is 0.261. The maximum atomic E-state index is 13.0. The van der Waals surface area contributed by atoms with Gasteiger partial charge in [-0.1, -0.05) is 18.2 Å². The number of rotatable bonds is 5. The Kier molecular flexibility index (Phi) is 4.80. The van der Waals surface area contributed by atoms with E-state index in [1.807, 2.05) is 70.7 Å². The number of fused-ring (bicyclic) bond motifs is 1. The molecular weight excluding hydrogens is 378 g/mol. The minimum absolute atomic E-state index is 0.236. The lowest BCUT2D eigenvalue weighted by molar-refractivity contribution is 0.0970. The Balaban J connectivity index is 1.47. The van der Waals surface area contributed by atoms with Gasteiger partial charge in [0.05, 0.1) is 17.9 Å². The molecule has 4 heterocycles. The highest BCUT2D eigenvalue weighted by molar-refractivity contribution is 6.08. The Morgan fingerprint density at radius 2 is 2.20 bits per heavy atom. The Morgan fingerprint density at radius 1 is 1.27 bits per heavy atom. The minimum atomic E-state index is -0.241. The molecule has 1 amide bonds. The van der Waals surface area contributed by atoms with E-state index in [-0.39, 0.29) is 12.0 Å². The van der Waals surface area contributed by atoms with Crippen molar-refractivity contribution < 1.29 is 9.53 Å². The van der Waals surface area contributed by atoms with Gasteiger partial charge in [-0.25, -0.2) is 9.97 Å². The van der Waals surface area contributed by atoms with Gasteiger partial charge >= 0.3 is 0 Å². The van der Waals surface area contributed by atoms with Crippen molar-refractivity contribution in [3.8, 4) is 11.5 Å². The molecule has 1 saturated heterocycles. The zero-order valence-corrected chi connectivity index (χ0v) is 16.8. The first-order valence-corrected chi connectivity index (χ1v) is 10.2. The summed E-state index contributed by atoms with van der Waals surface area (Å²) < 4.78 is 9.66. The number of carbonyl (C=O) groups is 1. The van der Waals surface area contributed by atoms with Gasteiger partial charge in [-0.2, -0.15) is 0 Å². The normalized spacial score (nSPS) is 16.2. The molecule has 0 bridgehead atoms. The lowest BCUT2D eigenvalue weighted by Crippen LogP contribution is -2.13. The zero-order valence-electron chi connectivity index (χ0n) is 16.8. The van der Waals surface area contributed by atoms with Crippen molar-refractivity contribution in [1.82, 2.24) is 18.9 Å². The molecule has 1 aliphatic heterocycles. The van der Waals surface area contributed by atoms with Gasteiger partial charge in [-0.3, -0.25) is 9.20 Å². The summed E-state index contributed by atoms with van der Waals surface area (Å²) in [6, 6.07) is 13.4. The number of nitrogens with zero attached hydrogens (tertiary/aromatic N) is 4. The maximum absolute atomic E-state index is 13.0. The zero-order chi connectivity index (χ0) is 20.5. The second kappa shape index (κ2) is 7.76. The van der Waals surface area contributed by atoms with Crippen LogP contribution >= 0.6 is 0 Å². The second-order valence-electron chi connectivity index (χ2n) is 7.65. The maximum Gasteiger partial charge on any atom is 0.276 e. The number of aryl methyl sites for hydroxylation is 1. The van der Waals surface area contributed by atoms with Crippen molar-refractivity contribution in [1.29, 1.82) is 0 Å². The molecule has 5 rings (SSSR count). The van der Waals surface area contributed by atoms with Crippen LogP contribution in [0, 0.1) is 6.92 Å². The van der Waals surface area contributed by atoms with E-state index in [1.165, 1.54) is 0 Å².